The van der Waals surface area contributed by atoms with Gasteiger partial charge in [0.2, 0.25) is 0 Å². The molecule has 0 rings (SSSR count). The van der Waals surface area contributed by atoms with E-state index in [4.69, 9.17) is 18.9 Å². The zero-order chi connectivity index (χ0) is 71.1. The van der Waals surface area contributed by atoms with Gasteiger partial charge in [0.1, 0.15) is 13.2 Å². The van der Waals surface area contributed by atoms with E-state index >= 15 is 0 Å². The van der Waals surface area contributed by atoms with Crippen LogP contribution in [-0.2, 0) is 33.3 Å². The lowest BCUT2D eigenvalue weighted by Gasteiger charge is -2.26. The second kappa shape index (κ2) is 81.0. The van der Waals surface area contributed by atoms with Crippen LogP contribution in [0.2, 0.25) is 0 Å². The number of rotatable bonds is 86. The van der Waals surface area contributed by atoms with Crippen molar-refractivity contribution in [1.82, 2.24) is 0 Å². The van der Waals surface area contributed by atoms with Gasteiger partial charge in [-0.1, -0.05) is 470 Å². The fourth-order valence-electron chi connectivity index (χ4n) is 14.3. The Balaban J connectivity index is 3.87. The monoisotopic (exact) mass is 1390 g/mol. The van der Waals surface area contributed by atoms with Crippen LogP contribution in [0.25, 0.3) is 0 Å². The number of ether oxygens (including phenoxy) is 4. The fraction of sp³-hybridized carbons (Fsp3) is 0.966. The number of carboxylic acid groups (broad SMARTS) is 1. The van der Waals surface area contributed by atoms with Crippen molar-refractivity contribution in [2.24, 2.45) is 0 Å². The van der Waals surface area contributed by atoms with Crippen LogP contribution in [0.5, 0.6) is 0 Å². The first-order valence-electron chi connectivity index (χ1n) is 44.7. The molecule has 0 aromatic rings. The molecule has 0 aromatic carbocycles. The highest BCUT2D eigenvalue weighted by Gasteiger charge is 2.22. The predicted molar refractivity (Wildman–Crippen MR) is 422 cm³/mol. The summed E-state index contributed by atoms with van der Waals surface area (Å²) in [5.74, 6) is -2.24. The number of carboxylic acids is 1. The molecule has 0 heterocycles. The molecular weight excluding hydrogens is 1210 g/mol. The first-order chi connectivity index (χ1) is 48.1. The third-order valence-corrected chi connectivity index (χ3v) is 21.1. The molecule has 0 radical (unpaired) electrons. The summed E-state index contributed by atoms with van der Waals surface area (Å²) in [7, 11) is 5.96. The van der Waals surface area contributed by atoms with E-state index in [1.54, 1.807) is 0 Å². The zero-order valence-electron chi connectivity index (χ0n) is 67.2. The number of carbonyl (C=O) groups excluding carboxylic acids is 3. The molecule has 0 saturated carbocycles. The van der Waals surface area contributed by atoms with Gasteiger partial charge >= 0.3 is 11.9 Å². The molecule has 0 amide bonds. The maximum absolute atomic E-state index is 13.0. The molecule has 0 aliphatic rings. The minimum absolute atomic E-state index is 0.154. The molecule has 0 bridgehead atoms. The van der Waals surface area contributed by atoms with E-state index in [1.807, 2.05) is 21.1 Å². The summed E-state index contributed by atoms with van der Waals surface area (Å²) in [5, 5.41) is 11.9. The van der Waals surface area contributed by atoms with Gasteiger partial charge in [-0.15, -0.1) is 0 Å². The maximum Gasteiger partial charge on any atom is 0.306 e. The minimum atomic E-state index is -1.62. The Morgan fingerprint density at radius 1 is 0.265 bits per heavy atom. The molecule has 0 saturated heterocycles. The van der Waals surface area contributed by atoms with Crippen LogP contribution in [0, 0.1) is 0 Å². The molecule has 2 unspecified atom stereocenters. The summed E-state index contributed by atoms with van der Waals surface area (Å²) in [6.07, 6.45) is 98.6. The number of quaternary nitrogens is 1. The van der Waals surface area contributed by atoms with Crippen LogP contribution in [0.3, 0.4) is 0 Å². The molecule has 2 atom stereocenters. The van der Waals surface area contributed by atoms with Crippen LogP contribution in [0.1, 0.15) is 495 Å². The summed E-state index contributed by atoms with van der Waals surface area (Å²) in [6, 6.07) is 0. The molecule has 0 aliphatic heterocycles. The molecule has 0 aromatic heterocycles. The third kappa shape index (κ3) is 81.6. The standard InChI is InChI=1S/C89H175NO8/c1-6-8-10-12-14-16-18-20-22-24-26-28-30-32-34-36-38-40-41-42-43-44-45-46-48-50-52-54-56-58-60-62-64-66-68-70-72-74-76-78-80-87(92)98-85(84-97-89(88(93)94)95-82-81-90(3,4)5)83-96-86(91)79-77-75-73-71-69-67-65-63-61-59-57-55-53-51-49-47-39-37-35-33-31-29-27-25-23-21-19-17-15-13-11-9-7-2/h85,89H,6-84H2,1-5H3. The Morgan fingerprint density at radius 2 is 0.459 bits per heavy atom. The van der Waals surface area contributed by atoms with Crippen molar-refractivity contribution in [3.8, 4) is 0 Å². The fourth-order valence-corrected chi connectivity index (χ4v) is 14.3. The molecule has 98 heavy (non-hydrogen) atoms. The Hall–Kier alpha value is -1.71. The maximum atomic E-state index is 13.0. The summed E-state index contributed by atoms with van der Waals surface area (Å²) >= 11 is 0. The van der Waals surface area contributed by atoms with Gasteiger partial charge in [-0.3, -0.25) is 9.59 Å². The summed E-state index contributed by atoms with van der Waals surface area (Å²) in [6.45, 7) is 4.87. The Morgan fingerprint density at radius 3 is 0.653 bits per heavy atom. The van der Waals surface area contributed by atoms with Crippen LogP contribution in [0.15, 0.2) is 0 Å². The van der Waals surface area contributed by atoms with E-state index in [0.29, 0.717) is 17.4 Å². The van der Waals surface area contributed by atoms with Crippen molar-refractivity contribution >= 4 is 17.9 Å². The van der Waals surface area contributed by atoms with Crippen molar-refractivity contribution in [1.29, 1.82) is 0 Å². The van der Waals surface area contributed by atoms with Gasteiger partial charge in [-0.25, -0.2) is 0 Å². The quantitative estimate of drug-likeness (QED) is 0.0256. The van der Waals surface area contributed by atoms with E-state index in [0.717, 1.165) is 38.5 Å². The van der Waals surface area contributed by atoms with Gasteiger partial charge in [0.05, 0.1) is 40.3 Å². The molecule has 9 heteroatoms. The van der Waals surface area contributed by atoms with Crippen LogP contribution >= 0.6 is 0 Å². The minimum Gasteiger partial charge on any atom is -0.545 e. The molecule has 0 aliphatic carbocycles. The number of carbonyl (C=O) groups is 3. The van der Waals surface area contributed by atoms with Gasteiger partial charge < -0.3 is 33.3 Å². The molecule has 0 spiro atoms. The van der Waals surface area contributed by atoms with Gasteiger partial charge in [0, 0.05) is 12.8 Å². The lowest BCUT2D eigenvalue weighted by molar-refractivity contribution is -0.870. The van der Waals surface area contributed by atoms with E-state index in [9.17, 15) is 19.5 Å². The van der Waals surface area contributed by atoms with Crippen molar-refractivity contribution in [2.45, 2.75) is 508 Å². The van der Waals surface area contributed by atoms with E-state index in [1.165, 1.54) is 430 Å². The number of likely N-dealkylation sites (N-methyl/N-ethyl adjacent to an activating group) is 1. The molecular formula is C89H175NO8. The van der Waals surface area contributed by atoms with Gasteiger partial charge in [0.25, 0.3) is 0 Å². The van der Waals surface area contributed by atoms with Crippen LogP contribution < -0.4 is 5.11 Å². The van der Waals surface area contributed by atoms with E-state index in [-0.39, 0.29) is 32.2 Å². The first-order valence-corrected chi connectivity index (χ1v) is 44.7. The van der Waals surface area contributed by atoms with Crippen molar-refractivity contribution in [2.75, 3.05) is 47.5 Å². The summed E-state index contributed by atoms with van der Waals surface area (Å²) in [5.41, 5.74) is 0. The van der Waals surface area contributed by atoms with E-state index < -0.39 is 24.3 Å². The van der Waals surface area contributed by atoms with E-state index in [2.05, 4.69) is 13.8 Å². The normalized spacial score (nSPS) is 12.5. The lowest BCUT2D eigenvalue weighted by Crippen LogP contribution is -2.44. The number of nitrogens with zero attached hydrogens (tertiary/aromatic N) is 1. The molecule has 0 N–H and O–H groups in total. The number of hydrogen-bond donors (Lipinski definition) is 0. The third-order valence-electron chi connectivity index (χ3n) is 21.1. The SMILES string of the molecule is CCCCCCCCCCCCCCCCCCCCCCCCCCCCCCCCCCCCCCCCCCC(=O)OC(COC(=O)CCCCCCCCCCCCCCCCCCCCCCCCCCCCCCCCCCC)COC(OCC[N+](C)(C)C)C(=O)[O-]. The number of aliphatic carboxylic acids is 1. The Kier molecular flexibility index (Phi) is 79.6. The van der Waals surface area contributed by atoms with Crippen molar-refractivity contribution in [3.63, 3.8) is 0 Å². The Labute approximate surface area is 613 Å². The topological polar surface area (TPSA) is 111 Å². The first kappa shape index (κ1) is 96.3. The number of esters is 2. The average Bonchev–Trinajstić information content (AvgIpc) is 1.34. The molecule has 0 fully saturated rings. The Bertz CT molecular complexity index is 1570. The number of unbranched alkanes of at least 4 members (excludes halogenated alkanes) is 71. The highest BCUT2D eigenvalue weighted by molar-refractivity contribution is 5.70. The van der Waals surface area contributed by atoms with Gasteiger partial charge in [-0.2, -0.15) is 0 Å². The van der Waals surface area contributed by atoms with Crippen LogP contribution in [0.4, 0.5) is 0 Å². The highest BCUT2D eigenvalue weighted by atomic mass is 16.7. The van der Waals surface area contributed by atoms with Crippen LogP contribution in [-0.4, -0.2) is 82.3 Å². The second-order valence-corrected chi connectivity index (χ2v) is 32.3. The second-order valence-electron chi connectivity index (χ2n) is 32.3. The summed E-state index contributed by atoms with van der Waals surface area (Å²) in [4.78, 5) is 37.7. The highest BCUT2D eigenvalue weighted by Crippen LogP contribution is 2.22. The van der Waals surface area contributed by atoms with Crippen molar-refractivity contribution < 1.29 is 42.9 Å². The predicted octanol–water partition coefficient (Wildman–Crippen LogP) is 27.6. The summed E-state index contributed by atoms with van der Waals surface area (Å²) < 4.78 is 22.9. The molecule has 584 valence electrons. The van der Waals surface area contributed by atoms with Gasteiger partial charge in [0.15, 0.2) is 12.4 Å². The lowest BCUT2D eigenvalue weighted by atomic mass is 10.0. The van der Waals surface area contributed by atoms with Gasteiger partial charge in [-0.05, 0) is 12.8 Å². The largest absolute Gasteiger partial charge is 0.545 e. The number of hydrogen-bond acceptors (Lipinski definition) is 8. The zero-order valence-corrected chi connectivity index (χ0v) is 67.2. The molecule has 9 nitrogen and oxygen atoms in total. The smallest absolute Gasteiger partial charge is 0.306 e. The average molecular weight is 1390 g/mol. The van der Waals surface area contributed by atoms with Crippen molar-refractivity contribution in [3.05, 3.63) is 0 Å².